The Morgan fingerprint density at radius 3 is 1.49 bits per heavy atom. The van der Waals surface area contributed by atoms with E-state index in [1.807, 2.05) is 20.8 Å². The zero-order valence-electron chi connectivity index (χ0n) is 34.8. The SMILES string of the molecule is COC(=O)c1ccc(F)c(-c2ccc3c(n2)n(C)c(=O)n3CC(C)(C)C)c1.Cn1c(=O)n(CC(C)(C)C)c2ccc(-c3cc(C(C)(C)O)ccc3F)nc21.[Br-].[CH3-].[Mg+2]. The van der Waals surface area contributed by atoms with E-state index in [0.29, 0.717) is 52.4 Å². The first-order chi connectivity index (χ1) is 25.0. The van der Waals surface area contributed by atoms with E-state index in [4.69, 9.17) is 4.74 Å². The number of hydrogen-bond donors (Lipinski definition) is 1. The van der Waals surface area contributed by atoms with Crippen LogP contribution in [0.4, 0.5) is 8.78 Å². The first-order valence-electron chi connectivity index (χ1n) is 17.5. The van der Waals surface area contributed by atoms with E-state index in [1.54, 1.807) is 73.5 Å². The van der Waals surface area contributed by atoms with Gasteiger partial charge in [0, 0.05) is 38.3 Å². The number of imidazole rings is 2. The minimum atomic E-state index is -1.09. The van der Waals surface area contributed by atoms with Crippen LogP contribution in [0, 0.1) is 29.9 Å². The third-order valence-corrected chi connectivity index (χ3v) is 8.84. The van der Waals surface area contributed by atoms with Gasteiger partial charge in [0.15, 0.2) is 11.3 Å². The first kappa shape index (κ1) is 49.0. The molecule has 0 saturated heterocycles. The van der Waals surface area contributed by atoms with Crippen LogP contribution in [-0.4, -0.2) is 69.5 Å². The molecule has 4 aromatic heterocycles. The fourth-order valence-corrected chi connectivity index (χ4v) is 6.17. The van der Waals surface area contributed by atoms with Gasteiger partial charge in [0.1, 0.15) is 11.6 Å². The van der Waals surface area contributed by atoms with Crippen LogP contribution in [-0.2, 0) is 37.5 Å². The van der Waals surface area contributed by atoms with Gasteiger partial charge in [0.2, 0.25) is 0 Å². The van der Waals surface area contributed by atoms with Crippen LogP contribution >= 0.6 is 0 Å². The summed E-state index contributed by atoms with van der Waals surface area (Å²) in [5, 5.41) is 10.2. The Kier molecular flexibility index (Phi) is 15.6. The Morgan fingerprint density at radius 2 is 1.11 bits per heavy atom. The number of aromatic nitrogens is 6. The zero-order chi connectivity index (χ0) is 40.1. The second-order valence-corrected chi connectivity index (χ2v) is 16.5. The number of benzene rings is 2. The predicted octanol–water partition coefficient (Wildman–Crippen LogP) is 4.26. The van der Waals surface area contributed by atoms with Gasteiger partial charge < -0.3 is 34.3 Å². The van der Waals surface area contributed by atoms with Crippen molar-refractivity contribution in [2.75, 3.05) is 7.11 Å². The van der Waals surface area contributed by atoms with E-state index < -0.39 is 23.2 Å². The van der Waals surface area contributed by atoms with E-state index in [0.717, 1.165) is 5.52 Å². The Morgan fingerprint density at radius 1 is 0.702 bits per heavy atom. The molecule has 0 amide bonds. The van der Waals surface area contributed by atoms with Crippen LogP contribution in [0.2, 0.25) is 0 Å². The summed E-state index contributed by atoms with van der Waals surface area (Å²) in [6.45, 7) is 16.7. The Balaban J connectivity index is 0.000000374. The number of rotatable bonds is 6. The van der Waals surface area contributed by atoms with Gasteiger partial charge in [-0.2, -0.15) is 0 Å². The van der Waals surface area contributed by atoms with Gasteiger partial charge in [-0.3, -0.25) is 18.3 Å². The molecular formula is C42H51BrF2MgN6O5. The van der Waals surface area contributed by atoms with Crippen molar-refractivity contribution in [1.82, 2.24) is 28.2 Å². The van der Waals surface area contributed by atoms with E-state index in [2.05, 4.69) is 30.7 Å². The number of aliphatic hydroxyl groups is 1. The van der Waals surface area contributed by atoms with E-state index >= 15 is 0 Å². The van der Waals surface area contributed by atoms with Gasteiger partial charge in [0.25, 0.3) is 0 Å². The second kappa shape index (κ2) is 18.2. The van der Waals surface area contributed by atoms with Gasteiger partial charge in [-0.05, 0) is 84.8 Å². The number of pyridine rings is 2. The maximum absolute atomic E-state index is 14.5. The summed E-state index contributed by atoms with van der Waals surface area (Å²) in [7, 11) is 4.58. The predicted molar refractivity (Wildman–Crippen MR) is 218 cm³/mol. The molecule has 57 heavy (non-hydrogen) atoms. The number of carbonyl (C=O) groups excluding carboxylic acids is 1. The molecule has 2 aromatic carbocycles. The van der Waals surface area contributed by atoms with Crippen molar-refractivity contribution in [3.05, 3.63) is 112 Å². The molecular weight excluding hydrogens is 811 g/mol. The number of ether oxygens (including phenoxy) is 1. The van der Waals surface area contributed by atoms with E-state index in [1.165, 1.54) is 40.5 Å². The zero-order valence-corrected chi connectivity index (χ0v) is 37.8. The number of halogens is 3. The van der Waals surface area contributed by atoms with Crippen LogP contribution in [0.1, 0.15) is 71.3 Å². The molecule has 11 nitrogen and oxygen atoms in total. The molecule has 4 heterocycles. The Labute approximate surface area is 358 Å². The van der Waals surface area contributed by atoms with Crippen LogP contribution in [0.5, 0.6) is 0 Å². The molecule has 6 rings (SSSR count). The van der Waals surface area contributed by atoms with Gasteiger partial charge >= 0.3 is 40.4 Å². The van der Waals surface area contributed by atoms with Crippen molar-refractivity contribution in [2.45, 2.75) is 74.1 Å². The van der Waals surface area contributed by atoms with Crippen molar-refractivity contribution < 1.29 is 40.4 Å². The molecule has 0 radical (unpaired) electrons. The van der Waals surface area contributed by atoms with Crippen molar-refractivity contribution in [2.24, 2.45) is 24.9 Å². The van der Waals surface area contributed by atoms with Gasteiger partial charge in [-0.1, -0.05) is 47.6 Å². The number of aryl methyl sites for hydroxylation is 2. The maximum atomic E-state index is 14.5. The molecule has 1 N–H and O–H groups in total. The monoisotopic (exact) mass is 860 g/mol. The molecule has 0 aliphatic rings. The quantitative estimate of drug-likeness (QED) is 0.151. The Hall–Kier alpha value is -4.18. The summed E-state index contributed by atoms with van der Waals surface area (Å²) >= 11 is 0. The second-order valence-electron chi connectivity index (χ2n) is 16.5. The minimum Gasteiger partial charge on any atom is -1.00 e. The largest absolute Gasteiger partial charge is 2.00 e. The van der Waals surface area contributed by atoms with Crippen LogP contribution < -0.4 is 28.4 Å². The van der Waals surface area contributed by atoms with E-state index in [-0.39, 0.29) is 80.8 Å². The van der Waals surface area contributed by atoms with Crippen molar-refractivity contribution >= 4 is 51.3 Å². The summed E-state index contributed by atoms with van der Waals surface area (Å²) in [6, 6.07) is 15.4. The molecule has 15 heteroatoms. The van der Waals surface area contributed by atoms with Crippen LogP contribution in [0.3, 0.4) is 0 Å². The van der Waals surface area contributed by atoms with Crippen LogP contribution in [0.15, 0.2) is 70.3 Å². The fraction of sp³-hybridized carbons (Fsp3) is 0.381. The molecule has 0 atom stereocenters. The fourth-order valence-electron chi connectivity index (χ4n) is 6.17. The third kappa shape index (κ3) is 10.7. The molecule has 0 unspecified atom stereocenters. The molecule has 0 aliphatic carbocycles. The normalized spacial score (nSPS) is 11.6. The van der Waals surface area contributed by atoms with Crippen LogP contribution in [0.25, 0.3) is 44.8 Å². The summed E-state index contributed by atoms with van der Waals surface area (Å²) in [4.78, 5) is 46.1. The minimum absolute atomic E-state index is 0. The van der Waals surface area contributed by atoms with Crippen molar-refractivity contribution in [1.29, 1.82) is 0 Å². The van der Waals surface area contributed by atoms with E-state index in [9.17, 15) is 28.3 Å². The number of methoxy groups -OCH3 is 1. The molecule has 6 aromatic rings. The maximum Gasteiger partial charge on any atom is 2.00 e. The number of fused-ring (bicyclic) bond motifs is 2. The molecule has 0 spiro atoms. The van der Waals surface area contributed by atoms with Gasteiger partial charge in [0.05, 0.1) is 40.7 Å². The number of hydrogen-bond acceptors (Lipinski definition) is 7. The summed E-state index contributed by atoms with van der Waals surface area (Å²) in [5.41, 5.74) is 2.90. The topological polar surface area (TPSA) is 126 Å². The molecule has 0 bridgehead atoms. The Bertz CT molecular complexity index is 2520. The number of carbonyl (C=O) groups is 1. The number of nitrogens with zero attached hydrogens (tertiary/aromatic N) is 6. The molecule has 0 fully saturated rings. The summed E-state index contributed by atoms with van der Waals surface area (Å²) in [5.74, 6) is -1.48. The average molecular weight is 862 g/mol. The summed E-state index contributed by atoms with van der Waals surface area (Å²) < 4.78 is 39.8. The first-order valence-corrected chi connectivity index (χ1v) is 17.5. The van der Waals surface area contributed by atoms with Gasteiger partial charge in [-0.25, -0.2) is 33.1 Å². The molecule has 0 saturated carbocycles. The smallest absolute Gasteiger partial charge is 1.00 e. The van der Waals surface area contributed by atoms with Gasteiger partial charge in [-0.15, -0.1) is 0 Å². The third-order valence-electron chi connectivity index (χ3n) is 8.84. The molecule has 302 valence electrons. The standard InChI is InChI=1S/C21H26FN3O2.C20H22FN3O3.CH3.BrH.Mg/c1-20(2,3)12-25-17-10-9-16(23-18(17)24(6)19(25)26)14-11-13(21(4,5)27)7-8-15(14)22;1-20(2,3)11-24-16-9-8-15(22-17(16)23(4)19(24)26)13-10-12(18(25)27-5)6-7-14(13)21;;;/h7-11,27H,12H2,1-6H3;6-10H,11H2,1-5H3;1H3;1H;/q;;-1;;+2/p-1. The average Bonchev–Trinajstić information content (AvgIpc) is 3.45. The summed E-state index contributed by atoms with van der Waals surface area (Å²) in [6.07, 6.45) is 0. The molecule has 0 aliphatic heterocycles. The number of esters is 1. The van der Waals surface area contributed by atoms with Crippen molar-refractivity contribution in [3.8, 4) is 22.5 Å². The van der Waals surface area contributed by atoms with Crippen molar-refractivity contribution in [3.63, 3.8) is 0 Å².